The van der Waals surface area contributed by atoms with Crippen LogP contribution in [-0.2, 0) is 4.74 Å². The van der Waals surface area contributed by atoms with E-state index in [1.54, 1.807) is 0 Å². The number of nitrogens with zero attached hydrogens (tertiary/aromatic N) is 1. The monoisotopic (exact) mass is 224 g/mol. The van der Waals surface area contributed by atoms with Crippen LogP contribution >= 0.6 is 0 Å². The predicted octanol–water partition coefficient (Wildman–Crippen LogP) is 1.38. The molecule has 1 saturated carbocycles. The second-order valence-corrected chi connectivity index (χ2v) is 6.06. The van der Waals surface area contributed by atoms with Crippen molar-refractivity contribution < 1.29 is 4.74 Å². The van der Waals surface area contributed by atoms with Crippen molar-refractivity contribution in [3.05, 3.63) is 0 Å². The van der Waals surface area contributed by atoms with Crippen LogP contribution in [0, 0.1) is 0 Å². The predicted molar refractivity (Wildman–Crippen MR) is 64.6 cm³/mol. The molecule has 3 fully saturated rings. The molecule has 3 heteroatoms. The van der Waals surface area contributed by atoms with Gasteiger partial charge >= 0.3 is 0 Å². The molecule has 1 aliphatic carbocycles. The molecule has 2 saturated heterocycles. The van der Waals surface area contributed by atoms with Crippen molar-refractivity contribution in [1.29, 1.82) is 0 Å². The Bertz CT molecular complexity index is 246. The molecular formula is C13H24N2O. The average Bonchev–Trinajstić information content (AvgIpc) is 2.78. The van der Waals surface area contributed by atoms with Crippen molar-refractivity contribution in [2.75, 3.05) is 26.2 Å². The van der Waals surface area contributed by atoms with Gasteiger partial charge in [0, 0.05) is 31.8 Å². The van der Waals surface area contributed by atoms with Gasteiger partial charge in [0.1, 0.15) is 0 Å². The zero-order valence-corrected chi connectivity index (χ0v) is 10.4. The summed E-state index contributed by atoms with van der Waals surface area (Å²) in [6.45, 7) is 6.87. The minimum atomic E-state index is 0.147. The van der Waals surface area contributed by atoms with Crippen LogP contribution in [0.25, 0.3) is 0 Å². The van der Waals surface area contributed by atoms with E-state index in [2.05, 4.69) is 17.1 Å². The van der Waals surface area contributed by atoms with Gasteiger partial charge in [-0.3, -0.25) is 4.90 Å². The van der Waals surface area contributed by atoms with E-state index in [9.17, 15) is 0 Å². The summed E-state index contributed by atoms with van der Waals surface area (Å²) in [7, 11) is 0. The number of ether oxygens (including phenoxy) is 1. The van der Waals surface area contributed by atoms with Crippen molar-refractivity contribution in [1.82, 2.24) is 10.2 Å². The Balaban J connectivity index is 1.45. The number of nitrogens with one attached hydrogen (secondary N) is 1. The van der Waals surface area contributed by atoms with Crippen LogP contribution in [0.15, 0.2) is 0 Å². The van der Waals surface area contributed by atoms with Gasteiger partial charge in [-0.05, 0) is 45.6 Å². The Morgan fingerprint density at radius 2 is 2.19 bits per heavy atom. The molecule has 3 rings (SSSR count). The summed E-state index contributed by atoms with van der Waals surface area (Å²) in [6.07, 6.45) is 6.61. The number of rotatable bonds is 4. The molecule has 0 aromatic carbocycles. The first-order chi connectivity index (χ1) is 7.73. The molecule has 0 spiro atoms. The molecule has 2 aliphatic heterocycles. The standard InChI is InChI=1S/C13H24N2O/c1-13(6-2-8-16-13)10-15-7-5-12(9-15)14-11-3-4-11/h11-12,14H,2-10H2,1H3. The minimum Gasteiger partial charge on any atom is -0.374 e. The highest BCUT2D eigenvalue weighted by Crippen LogP contribution is 2.28. The summed E-state index contributed by atoms with van der Waals surface area (Å²) in [5.41, 5.74) is 0.147. The first kappa shape index (κ1) is 11.0. The molecule has 3 nitrogen and oxygen atoms in total. The third kappa shape index (κ3) is 2.58. The maximum atomic E-state index is 5.87. The third-order valence-corrected chi connectivity index (χ3v) is 4.18. The van der Waals surface area contributed by atoms with E-state index in [0.717, 1.165) is 25.2 Å². The minimum absolute atomic E-state index is 0.147. The van der Waals surface area contributed by atoms with Gasteiger partial charge in [0.25, 0.3) is 0 Å². The number of likely N-dealkylation sites (tertiary alicyclic amines) is 1. The van der Waals surface area contributed by atoms with Crippen molar-refractivity contribution in [3.8, 4) is 0 Å². The zero-order chi connectivity index (χ0) is 11.0. The van der Waals surface area contributed by atoms with E-state index in [-0.39, 0.29) is 5.60 Å². The van der Waals surface area contributed by atoms with Crippen LogP contribution in [0.3, 0.4) is 0 Å². The molecule has 0 amide bonds. The molecule has 0 radical (unpaired) electrons. The average molecular weight is 224 g/mol. The van der Waals surface area contributed by atoms with Gasteiger partial charge in [0.15, 0.2) is 0 Å². The smallest absolute Gasteiger partial charge is 0.0781 e. The summed E-state index contributed by atoms with van der Waals surface area (Å²) in [6, 6.07) is 1.60. The normalized spacial score (nSPS) is 40.7. The lowest BCUT2D eigenvalue weighted by Gasteiger charge is -2.29. The Kier molecular flexibility index (Phi) is 2.94. The fraction of sp³-hybridized carbons (Fsp3) is 1.00. The Morgan fingerprint density at radius 3 is 2.88 bits per heavy atom. The summed E-state index contributed by atoms with van der Waals surface area (Å²) in [5, 5.41) is 3.74. The summed E-state index contributed by atoms with van der Waals surface area (Å²) in [5.74, 6) is 0. The molecular weight excluding hydrogens is 200 g/mol. The molecule has 1 N–H and O–H groups in total. The van der Waals surface area contributed by atoms with Crippen LogP contribution in [0.1, 0.15) is 39.0 Å². The van der Waals surface area contributed by atoms with E-state index in [1.165, 1.54) is 45.2 Å². The van der Waals surface area contributed by atoms with Crippen molar-refractivity contribution in [2.45, 2.75) is 56.7 Å². The summed E-state index contributed by atoms with van der Waals surface area (Å²) >= 11 is 0. The first-order valence-corrected chi connectivity index (χ1v) is 6.86. The van der Waals surface area contributed by atoms with E-state index in [0.29, 0.717) is 0 Å². The van der Waals surface area contributed by atoms with Gasteiger partial charge in [-0.1, -0.05) is 0 Å². The lowest BCUT2D eigenvalue weighted by molar-refractivity contribution is -0.00437. The van der Waals surface area contributed by atoms with Crippen LogP contribution < -0.4 is 5.32 Å². The van der Waals surface area contributed by atoms with E-state index >= 15 is 0 Å². The maximum absolute atomic E-state index is 5.87. The SMILES string of the molecule is CC1(CN2CCC(NC3CC3)C2)CCCO1. The van der Waals surface area contributed by atoms with Gasteiger partial charge < -0.3 is 10.1 Å². The fourth-order valence-corrected chi connectivity index (χ4v) is 3.13. The first-order valence-electron chi connectivity index (χ1n) is 6.86. The van der Waals surface area contributed by atoms with Crippen LogP contribution in [0.5, 0.6) is 0 Å². The Hall–Kier alpha value is -0.120. The highest BCUT2D eigenvalue weighted by Gasteiger charge is 2.35. The van der Waals surface area contributed by atoms with Crippen LogP contribution in [0.4, 0.5) is 0 Å². The molecule has 92 valence electrons. The molecule has 0 aromatic rings. The van der Waals surface area contributed by atoms with E-state index in [4.69, 9.17) is 4.74 Å². The topological polar surface area (TPSA) is 24.5 Å². The number of hydrogen-bond acceptors (Lipinski definition) is 3. The van der Waals surface area contributed by atoms with Gasteiger partial charge in [-0.2, -0.15) is 0 Å². The van der Waals surface area contributed by atoms with E-state index < -0.39 is 0 Å². The van der Waals surface area contributed by atoms with Crippen LogP contribution in [-0.4, -0.2) is 48.8 Å². The fourth-order valence-electron chi connectivity index (χ4n) is 3.13. The highest BCUT2D eigenvalue weighted by atomic mass is 16.5. The van der Waals surface area contributed by atoms with Gasteiger partial charge in [0.2, 0.25) is 0 Å². The molecule has 2 heterocycles. The van der Waals surface area contributed by atoms with Crippen molar-refractivity contribution in [3.63, 3.8) is 0 Å². The largest absolute Gasteiger partial charge is 0.374 e. The zero-order valence-electron chi connectivity index (χ0n) is 10.4. The van der Waals surface area contributed by atoms with Crippen molar-refractivity contribution >= 4 is 0 Å². The summed E-state index contributed by atoms with van der Waals surface area (Å²) < 4.78 is 5.87. The number of hydrogen-bond donors (Lipinski definition) is 1. The Labute approximate surface area is 98.5 Å². The lowest BCUT2D eigenvalue weighted by atomic mass is 10.0. The molecule has 2 atom stereocenters. The second-order valence-electron chi connectivity index (χ2n) is 6.06. The summed E-state index contributed by atoms with van der Waals surface area (Å²) in [4.78, 5) is 2.59. The lowest BCUT2D eigenvalue weighted by Crippen LogP contribution is -2.41. The van der Waals surface area contributed by atoms with Gasteiger partial charge in [-0.15, -0.1) is 0 Å². The second kappa shape index (κ2) is 4.28. The third-order valence-electron chi connectivity index (χ3n) is 4.18. The van der Waals surface area contributed by atoms with Gasteiger partial charge in [-0.25, -0.2) is 0 Å². The van der Waals surface area contributed by atoms with E-state index in [1.807, 2.05) is 0 Å². The van der Waals surface area contributed by atoms with Crippen LogP contribution in [0.2, 0.25) is 0 Å². The maximum Gasteiger partial charge on any atom is 0.0781 e. The molecule has 3 aliphatic rings. The molecule has 0 aromatic heterocycles. The molecule has 2 unspecified atom stereocenters. The molecule has 0 bridgehead atoms. The quantitative estimate of drug-likeness (QED) is 0.781. The highest BCUT2D eigenvalue weighted by molar-refractivity contribution is 4.92. The van der Waals surface area contributed by atoms with Crippen molar-refractivity contribution in [2.24, 2.45) is 0 Å². The van der Waals surface area contributed by atoms with Gasteiger partial charge in [0.05, 0.1) is 5.60 Å². The Morgan fingerprint density at radius 1 is 1.31 bits per heavy atom. The molecule has 16 heavy (non-hydrogen) atoms.